The first kappa shape index (κ1) is 21.4. The van der Waals surface area contributed by atoms with Gasteiger partial charge < -0.3 is 14.5 Å². The van der Waals surface area contributed by atoms with Gasteiger partial charge in [0, 0.05) is 49.9 Å². The van der Waals surface area contributed by atoms with E-state index in [-0.39, 0.29) is 23.8 Å². The lowest BCUT2D eigenvalue weighted by Crippen LogP contribution is -2.49. The van der Waals surface area contributed by atoms with Gasteiger partial charge in [-0.25, -0.2) is 13.1 Å². The number of sulfonamides is 1. The van der Waals surface area contributed by atoms with Crippen molar-refractivity contribution in [3.63, 3.8) is 0 Å². The number of nitrogens with zero attached hydrogens (tertiary/aromatic N) is 2. The Bertz CT molecular complexity index is 942. The maximum absolute atomic E-state index is 12.4. The van der Waals surface area contributed by atoms with Crippen molar-refractivity contribution in [3.8, 4) is 5.75 Å². The Morgan fingerprint density at radius 2 is 1.79 bits per heavy atom. The summed E-state index contributed by atoms with van der Waals surface area (Å²) in [5.41, 5.74) is 1.04. The van der Waals surface area contributed by atoms with Crippen molar-refractivity contribution in [2.45, 2.75) is 11.3 Å². The van der Waals surface area contributed by atoms with E-state index in [0.29, 0.717) is 37.0 Å². The third kappa shape index (κ3) is 5.62. The molecule has 0 aliphatic carbocycles. The van der Waals surface area contributed by atoms with Gasteiger partial charge in [-0.3, -0.25) is 4.79 Å². The molecular formula is C20H24ClN3O4S. The molecule has 1 N–H and O–H groups in total. The van der Waals surface area contributed by atoms with E-state index in [1.807, 2.05) is 24.3 Å². The second-order valence-electron chi connectivity index (χ2n) is 6.67. The number of hydrogen-bond acceptors (Lipinski definition) is 5. The summed E-state index contributed by atoms with van der Waals surface area (Å²) in [5, 5.41) is 0.685. The van der Waals surface area contributed by atoms with Crippen LogP contribution in [0, 0.1) is 0 Å². The molecule has 0 bridgehead atoms. The van der Waals surface area contributed by atoms with E-state index in [1.165, 1.54) is 19.2 Å². The lowest BCUT2D eigenvalue weighted by Gasteiger charge is -2.36. The monoisotopic (exact) mass is 437 g/mol. The highest BCUT2D eigenvalue weighted by Crippen LogP contribution is 2.21. The van der Waals surface area contributed by atoms with Gasteiger partial charge in [-0.1, -0.05) is 17.7 Å². The van der Waals surface area contributed by atoms with Gasteiger partial charge in [0.2, 0.25) is 15.9 Å². The summed E-state index contributed by atoms with van der Waals surface area (Å²) in [7, 11) is -2.14. The number of nitrogens with one attached hydrogen (secondary N) is 1. The molecule has 1 aliphatic rings. The number of anilines is 1. The van der Waals surface area contributed by atoms with Crippen LogP contribution in [-0.2, 0) is 14.8 Å². The number of ether oxygens (including phenoxy) is 1. The maximum Gasteiger partial charge on any atom is 0.240 e. The molecule has 1 amide bonds. The molecule has 29 heavy (non-hydrogen) atoms. The van der Waals surface area contributed by atoms with Crippen molar-refractivity contribution in [2.75, 3.05) is 44.7 Å². The molecule has 156 valence electrons. The molecule has 1 saturated heterocycles. The Hall–Kier alpha value is -2.29. The van der Waals surface area contributed by atoms with Crippen LogP contribution in [0.3, 0.4) is 0 Å². The van der Waals surface area contributed by atoms with E-state index in [4.69, 9.17) is 16.3 Å². The largest absolute Gasteiger partial charge is 0.497 e. The van der Waals surface area contributed by atoms with E-state index in [2.05, 4.69) is 9.62 Å². The zero-order valence-corrected chi connectivity index (χ0v) is 17.7. The third-order valence-electron chi connectivity index (χ3n) is 4.81. The van der Waals surface area contributed by atoms with Crippen molar-refractivity contribution < 1.29 is 17.9 Å². The molecule has 0 radical (unpaired) electrons. The molecule has 0 unspecified atom stereocenters. The number of halogens is 1. The number of rotatable bonds is 7. The molecule has 0 spiro atoms. The van der Waals surface area contributed by atoms with Gasteiger partial charge in [-0.15, -0.1) is 0 Å². The van der Waals surface area contributed by atoms with Crippen molar-refractivity contribution in [3.05, 3.63) is 53.6 Å². The smallest absolute Gasteiger partial charge is 0.240 e. The summed E-state index contributed by atoms with van der Waals surface area (Å²) < 4.78 is 32.2. The molecule has 7 nitrogen and oxygen atoms in total. The average Bonchev–Trinajstić information content (AvgIpc) is 2.73. The van der Waals surface area contributed by atoms with Gasteiger partial charge in [0.05, 0.1) is 12.0 Å². The van der Waals surface area contributed by atoms with Crippen LogP contribution in [0.15, 0.2) is 53.4 Å². The Labute approximate surface area is 176 Å². The van der Waals surface area contributed by atoms with Gasteiger partial charge in [0.25, 0.3) is 0 Å². The Morgan fingerprint density at radius 3 is 2.41 bits per heavy atom. The quantitative estimate of drug-likeness (QED) is 0.719. The van der Waals surface area contributed by atoms with Crippen LogP contribution in [0.5, 0.6) is 5.75 Å². The number of hydrogen-bond donors (Lipinski definition) is 1. The molecule has 2 aromatic carbocycles. The summed E-state index contributed by atoms with van der Waals surface area (Å²) in [5.74, 6) is 0.518. The van der Waals surface area contributed by atoms with Gasteiger partial charge in [-0.2, -0.15) is 0 Å². The van der Waals surface area contributed by atoms with E-state index in [1.54, 1.807) is 17.0 Å². The molecule has 0 atom stereocenters. The van der Waals surface area contributed by atoms with Crippen LogP contribution in [0.25, 0.3) is 0 Å². The van der Waals surface area contributed by atoms with Crippen LogP contribution in [0.4, 0.5) is 5.69 Å². The Balaban J connectivity index is 1.46. The van der Waals surface area contributed by atoms with Crippen molar-refractivity contribution in [2.24, 2.45) is 0 Å². The fourth-order valence-corrected chi connectivity index (χ4v) is 4.39. The summed E-state index contributed by atoms with van der Waals surface area (Å²) >= 11 is 6.04. The Morgan fingerprint density at radius 1 is 1.10 bits per heavy atom. The summed E-state index contributed by atoms with van der Waals surface area (Å²) in [4.78, 5) is 16.5. The number of amides is 1. The van der Waals surface area contributed by atoms with E-state index < -0.39 is 10.0 Å². The summed E-state index contributed by atoms with van der Waals surface area (Å²) in [6.45, 7) is 2.67. The van der Waals surface area contributed by atoms with E-state index in [9.17, 15) is 13.2 Å². The van der Waals surface area contributed by atoms with Crippen LogP contribution >= 0.6 is 11.6 Å². The summed E-state index contributed by atoms with van der Waals surface area (Å²) in [6.07, 6.45) is 0.118. The van der Waals surface area contributed by atoms with E-state index >= 15 is 0 Å². The van der Waals surface area contributed by atoms with Gasteiger partial charge in [0.15, 0.2) is 0 Å². The molecule has 1 aliphatic heterocycles. The van der Waals surface area contributed by atoms with Gasteiger partial charge >= 0.3 is 0 Å². The molecule has 2 aromatic rings. The second kappa shape index (κ2) is 9.47. The number of piperazine rings is 1. The Kier molecular flexibility index (Phi) is 7.00. The van der Waals surface area contributed by atoms with Crippen molar-refractivity contribution >= 4 is 33.2 Å². The molecular weight excluding hydrogens is 414 g/mol. The fourth-order valence-electron chi connectivity index (χ4n) is 3.18. The number of carbonyl (C=O) groups is 1. The topological polar surface area (TPSA) is 78.9 Å². The van der Waals surface area contributed by atoms with Crippen LogP contribution in [0.1, 0.15) is 6.42 Å². The molecule has 0 aromatic heterocycles. The fraction of sp³-hybridized carbons (Fsp3) is 0.350. The molecule has 0 saturated carbocycles. The van der Waals surface area contributed by atoms with Gasteiger partial charge in [0.1, 0.15) is 5.75 Å². The number of methoxy groups -OCH3 is 1. The van der Waals surface area contributed by atoms with Gasteiger partial charge in [-0.05, 0) is 42.5 Å². The van der Waals surface area contributed by atoms with Crippen LogP contribution in [-0.4, -0.2) is 59.1 Å². The summed E-state index contributed by atoms with van der Waals surface area (Å²) in [6, 6.07) is 13.8. The minimum absolute atomic E-state index is 0.0572. The van der Waals surface area contributed by atoms with Crippen LogP contribution < -0.4 is 14.4 Å². The first-order chi connectivity index (χ1) is 13.9. The highest BCUT2D eigenvalue weighted by atomic mass is 35.5. The van der Waals surface area contributed by atoms with Crippen molar-refractivity contribution in [1.82, 2.24) is 9.62 Å². The number of carbonyl (C=O) groups excluding carboxylic acids is 1. The third-order valence-corrected chi connectivity index (χ3v) is 6.52. The SMILES string of the molecule is COc1ccc(S(=O)(=O)NCCC(=O)N2CCN(c3cccc(Cl)c3)CC2)cc1. The molecule has 1 heterocycles. The second-order valence-corrected chi connectivity index (χ2v) is 8.87. The van der Waals surface area contributed by atoms with E-state index in [0.717, 1.165) is 5.69 Å². The lowest BCUT2D eigenvalue weighted by atomic mass is 10.2. The predicted molar refractivity (Wildman–Crippen MR) is 113 cm³/mol. The molecule has 9 heteroatoms. The highest BCUT2D eigenvalue weighted by molar-refractivity contribution is 7.89. The first-order valence-electron chi connectivity index (χ1n) is 9.31. The van der Waals surface area contributed by atoms with Crippen LogP contribution in [0.2, 0.25) is 5.02 Å². The lowest BCUT2D eigenvalue weighted by molar-refractivity contribution is -0.131. The average molecular weight is 438 g/mol. The normalized spacial score (nSPS) is 14.7. The zero-order chi connectivity index (χ0) is 20.9. The highest BCUT2D eigenvalue weighted by Gasteiger charge is 2.22. The zero-order valence-electron chi connectivity index (χ0n) is 16.2. The van der Waals surface area contributed by atoms with Crippen molar-refractivity contribution in [1.29, 1.82) is 0 Å². The first-order valence-corrected chi connectivity index (χ1v) is 11.2. The number of benzene rings is 2. The molecule has 1 fully saturated rings. The minimum atomic E-state index is -3.66. The standard InChI is InChI=1S/C20H24ClN3O4S/c1-28-18-5-7-19(8-6-18)29(26,27)22-10-9-20(25)24-13-11-23(12-14-24)17-4-2-3-16(21)15-17/h2-8,15,22H,9-14H2,1H3. The maximum atomic E-state index is 12.4. The minimum Gasteiger partial charge on any atom is -0.497 e. The predicted octanol–water partition coefficient (Wildman–Crippen LogP) is 2.37. The molecule has 3 rings (SSSR count).